The predicted octanol–water partition coefficient (Wildman–Crippen LogP) is 5.73. The maximum Gasteiger partial charge on any atom is 0.322 e. The van der Waals surface area contributed by atoms with Crippen LogP contribution in [0, 0.1) is 27.7 Å². The van der Waals surface area contributed by atoms with Crippen LogP contribution in [-0.2, 0) is 6.54 Å². The van der Waals surface area contributed by atoms with Crippen LogP contribution in [0.5, 0.6) is 0 Å². The minimum Gasteiger partial charge on any atom is -0.359 e. The lowest BCUT2D eigenvalue weighted by Gasteiger charge is -2.40. The Hall–Kier alpha value is -2.95. The van der Waals surface area contributed by atoms with Crippen molar-refractivity contribution in [2.45, 2.75) is 72.5 Å². The number of urea groups is 1. The van der Waals surface area contributed by atoms with Crippen LogP contribution in [0.3, 0.4) is 0 Å². The van der Waals surface area contributed by atoms with E-state index in [1.54, 1.807) is 31.3 Å². The lowest BCUT2D eigenvalue weighted by atomic mass is 10.0. The van der Waals surface area contributed by atoms with Gasteiger partial charge in [0.1, 0.15) is 16.5 Å². The van der Waals surface area contributed by atoms with Gasteiger partial charge in [0.05, 0.1) is 11.3 Å². The zero-order chi connectivity index (χ0) is 28.1. The molecule has 0 spiro atoms. The molecule has 3 amide bonds. The molecule has 1 fully saturated rings. The van der Waals surface area contributed by atoms with Gasteiger partial charge in [-0.25, -0.2) is 9.78 Å². The molecule has 1 aliphatic rings. The topological polar surface area (TPSA) is 104 Å². The average molecular weight is 573 g/mol. The van der Waals surface area contributed by atoms with Gasteiger partial charge in [-0.1, -0.05) is 16.8 Å². The highest BCUT2D eigenvalue weighted by Gasteiger charge is 2.30. The number of rotatable bonds is 9. The summed E-state index contributed by atoms with van der Waals surface area (Å²) in [5, 5.41) is 14.6. The second-order valence-corrected chi connectivity index (χ2v) is 11.4. The first-order valence-electron chi connectivity index (χ1n) is 13.3. The predicted molar refractivity (Wildman–Crippen MR) is 155 cm³/mol. The van der Waals surface area contributed by atoms with Crippen LogP contribution < -0.4 is 10.6 Å². The minimum absolute atomic E-state index is 0.117. The van der Waals surface area contributed by atoms with Gasteiger partial charge in [-0.05, 0) is 87.9 Å². The van der Waals surface area contributed by atoms with Crippen molar-refractivity contribution in [3.63, 3.8) is 0 Å². The molecule has 0 aliphatic carbocycles. The van der Waals surface area contributed by atoms with E-state index in [1.165, 1.54) is 0 Å². The Bertz CT molecular complexity index is 1240. The summed E-state index contributed by atoms with van der Waals surface area (Å²) in [4.78, 5) is 34.8. The van der Waals surface area contributed by atoms with Gasteiger partial charge in [-0.15, -0.1) is 0 Å². The van der Waals surface area contributed by atoms with Gasteiger partial charge in [0, 0.05) is 38.3 Å². The molecule has 210 valence electrons. The van der Waals surface area contributed by atoms with E-state index in [0.717, 1.165) is 43.5 Å². The van der Waals surface area contributed by atoms with E-state index >= 15 is 0 Å². The standard InChI is InChI=1S/C28H37ClN6O3S/c1-17-14-24(29)31-19(3)25(17)27(36)30-10-6-18(2)34-11-7-23(8-12-34)35(15-22-9-13-39-16-22)28(37)32-26-20(4)33-38-21(26)5/h9,13-14,16,18,23H,6-8,10-12,15H2,1-5H3,(H,30,36)(H,32,37)/t18-/m1/s1. The minimum atomic E-state index is -0.132. The van der Waals surface area contributed by atoms with Crippen molar-refractivity contribution in [1.82, 2.24) is 25.3 Å². The van der Waals surface area contributed by atoms with Gasteiger partial charge in [-0.2, -0.15) is 11.3 Å². The number of aryl methyl sites for hydroxylation is 4. The third kappa shape index (κ3) is 7.17. The van der Waals surface area contributed by atoms with Crippen LogP contribution in [0.15, 0.2) is 27.4 Å². The number of pyridine rings is 1. The number of carbonyl (C=O) groups excluding carboxylic acids is 2. The van der Waals surface area contributed by atoms with Crippen LogP contribution in [0.2, 0.25) is 5.15 Å². The van der Waals surface area contributed by atoms with Gasteiger partial charge in [0.2, 0.25) is 0 Å². The summed E-state index contributed by atoms with van der Waals surface area (Å²) in [5.74, 6) is 0.484. The number of halogens is 1. The van der Waals surface area contributed by atoms with E-state index in [1.807, 2.05) is 24.1 Å². The Morgan fingerprint density at radius 1 is 1.23 bits per heavy atom. The van der Waals surface area contributed by atoms with Crippen molar-refractivity contribution < 1.29 is 14.1 Å². The molecular weight excluding hydrogens is 536 g/mol. The molecule has 1 saturated heterocycles. The molecule has 2 N–H and O–H groups in total. The summed E-state index contributed by atoms with van der Waals surface area (Å²) >= 11 is 7.64. The molecule has 4 heterocycles. The van der Waals surface area contributed by atoms with E-state index in [4.69, 9.17) is 16.1 Å². The van der Waals surface area contributed by atoms with Crippen molar-refractivity contribution in [3.05, 3.63) is 61.9 Å². The van der Waals surface area contributed by atoms with E-state index in [9.17, 15) is 9.59 Å². The van der Waals surface area contributed by atoms with Crippen molar-refractivity contribution in [2.75, 3.05) is 25.0 Å². The number of hydrogen-bond donors (Lipinski definition) is 2. The van der Waals surface area contributed by atoms with Gasteiger partial charge in [0.15, 0.2) is 5.76 Å². The molecule has 0 radical (unpaired) electrons. The second-order valence-electron chi connectivity index (χ2n) is 10.3. The molecular formula is C28H37ClN6O3S. The fourth-order valence-corrected chi connectivity index (χ4v) is 6.17. The number of hydrogen-bond acceptors (Lipinski definition) is 7. The summed E-state index contributed by atoms with van der Waals surface area (Å²) in [6.45, 7) is 12.4. The number of piperidine rings is 1. The summed E-state index contributed by atoms with van der Waals surface area (Å²) in [5.41, 5.74) is 4.49. The Labute approximate surface area is 238 Å². The molecule has 39 heavy (non-hydrogen) atoms. The third-order valence-electron chi connectivity index (χ3n) is 7.46. The van der Waals surface area contributed by atoms with Crippen LogP contribution >= 0.6 is 22.9 Å². The Morgan fingerprint density at radius 2 is 1.97 bits per heavy atom. The quantitative estimate of drug-likeness (QED) is 0.318. The van der Waals surface area contributed by atoms with E-state index < -0.39 is 0 Å². The summed E-state index contributed by atoms with van der Waals surface area (Å²) in [6, 6.07) is 4.07. The maximum atomic E-state index is 13.4. The fourth-order valence-electron chi connectivity index (χ4n) is 5.22. The van der Waals surface area contributed by atoms with Gasteiger partial charge < -0.3 is 25.0 Å². The van der Waals surface area contributed by atoms with Crippen LogP contribution in [0.1, 0.15) is 64.8 Å². The number of carbonyl (C=O) groups is 2. The molecule has 0 bridgehead atoms. The summed E-state index contributed by atoms with van der Waals surface area (Å²) in [6.07, 6.45) is 2.59. The monoisotopic (exact) mass is 572 g/mol. The zero-order valence-corrected chi connectivity index (χ0v) is 24.8. The molecule has 0 saturated carbocycles. The first-order valence-corrected chi connectivity index (χ1v) is 14.6. The SMILES string of the molecule is Cc1cc(Cl)nc(C)c1C(=O)NCC[C@@H](C)N1CCC(N(Cc2ccsc2)C(=O)Nc2c(C)noc2C)CC1. The number of aromatic nitrogens is 2. The highest BCUT2D eigenvalue weighted by atomic mass is 35.5. The Morgan fingerprint density at radius 3 is 2.59 bits per heavy atom. The van der Waals surface area contributed by atoms with Crippen molar-refractivity contribution in [1.29, 1.82) is 0 Å². The molecule has 1 atom stereocenters. The van der Waals surface area contributed by atoms with Crippen molar-refractivity contribution in [2.24, 2.45) is 0 Å². The largest absolute Gasteiger partial charge is 0.359 e. The lowest BCUT2D eigenvalue weighted by Crippen LogP contribution is -2.50. The molecule has 1 aliphatic heterocycles. The van der Waals surface area contributed by atoms with Crippen molar-refractivity contribution >= 4 is 40.6 Å². The maximum absolute atomic E-state index is 13.4. The number of thiophene rings is 1. The molecule has 3 aromatic rings. The number of likely N-dealkylation sites (tertiary alicyclic amines) is 1. The highest BCUT2D eigenvalue weighted by molar-refractivity contribution is 7.07. The molecule has 9 nitrogen and oxygen atoms in total. The molecule has 3 aromatic heterocycles. The van der Waals surface area contributed by atoms with E-state index in [-0.39, 0.29) is 18.0 Å². The fraction of sp³-hybridized carbons (Fsp3) is 0.500. The zero-order valence-electron chi connectivity index (χ0n) is 23.2. The molecule has 11 heteroatoms. The lowest BCUT2D eigenvalue weighted by molar-refractivity contribution is 0.0918. The smallest absolute Gasteiger partial charge is 0.322 e. The van der Waals surface area contributed by atoms with Gasteiger partial charge in [0.25, 0.3) is 5.91 Å². The van der Waals surface area contributed by atoms with Crippen molar-refractivity contribution in [3.8, 4) is 0 Å². The summed E-state index contributed by atoms with van der Waals surface area (Å²) < 4.78 is 5.23. The van der Waals surface area contributed by atoms with E-state index in [2.05, 4.69) is 44.0 Å². The first-order chi connectivity index (χ1) is 18.6. The number of anilines is 1. The first kappa shape index (κ1) is 29.0. The number of amides is 3. The van der Waals surface area contributed by atoms with Gasteiger partial charge >= 0.3 is 6.03 Å². The third-order valence-corrected chi connectivity index (χ3v) is 8.39. The molecule has 0 aromatic carbocycles. The molecule has 4 rings (SSSR count). The van der Waals surface area contributed by atoms with Gasteiger partial charge in [-0.3, -0.25) is 4.79 Å². The molecule has 0 unspecified atom stereocenters. The normalized spacial score (nSPS) is 15.2. The Kier molecular flexibility index (Phi) is 9.63. The Balaban J connectivity index is 1.31. The van der Waals surface area contributed by atoms with E-state index in [0.29, 0.717) is 52.7 Å². The average Bonchev–Trinajstić information content (AvgIpc) is 3.52. The van der Waals surface area contributed by atoms with Crippen LogP contribution in [0.4, 0.5) is 10.5 Å². The highest BCUT2D eigenvalue weighted by Crippen LogP contribution is 2.25. The summed E-state index contributed by atoms with van der Waals surface area (Å²) in [7, 11) is 0. The number of nitrogens with zero attached hydrogens (tertiary/aromatic N) is 4. The van der Waals surface area contributed by atoms with Crippen LogP contribution in [0.25, 0.3) is 0 Å². The van der Waals surface area contributed by atoms with Crippen LogP contribution in [-0.4, -0.2) is 63.6 Å². The second kappa shape index (κ2) is 12.9. The number of nitrogens with one attached hydrogen (secondary N) is 2.